The van der Waals surface area contributed by atoms with Crippen LogP contribution >= 0.6 is 0 Å². The highest BCUT2D eigenvalue weighted by molar-refractivity contribution is 5.67. The van der Waals surface area contributed by atoms with Crippen molar-refractivity contribution in [1.29, 1.82) is 0 Å². The van der Waals surface area contributed by atoms with Gasteiger partial charge in [-0.25, -0.2) is 4.79 Å². The van der Waals surface area contributed by atoms with E-state index in [1.807, 2.05) is 18.2 Å². The number of hydrogen-bond donors (Lipinski definition) is 2. The molecule has 0 bridgehead atoms. The summed E-state index contributed by atoms with van der Waals surface area (Å²) in [6.45, 7) is 3.99. The van der Waals surface area contributed by atoms with Crippen LogP contribution in [0, 0.1) is 0 Å². The summed E-state index contributed by atoms with van der Waals surface area (Å²) in [6, 6.07) is 7.39. The Morgan fingerprint density at radius 2 is 2.13 bits per heavy atom. The van der Waals surface area contributed by atoms with Crippen molar-refractivity contribution in [2.45, 2.75) is 26.5 Å². The molecule has 4 heteroatoms. The lowest BCUT2D eigenvalue weighted by molar-refractivity contribution is 0.115. The summed E-state index contributed by atoms with van der Waals surface area (Å²) < 4.78 is 4.92. The Balaban J connectivity index is 2.44. The number of anilines is 1. The standard InChI is InChI=1S/C11H16N2O2/c1-8(2)15-11(14)13-7-9-5-3-4-6-10(9)12/h3-6,8H,7,12H2,1-2H3,(H,13,14). The van der Waals surface area contributed by atoms with E-state index >= 15 is 0 Å². The first kappa shape index (κ1) is 11.4. The van der Waals surface area contributed by atoms with Crippen molar-refractivity contribution in [1.82, 2.24) is 5.32 Å². The fraction of sp³-hybridized carbons (Fsp3) is 0.364. The molecule has 0 aliphatic heterocycles. The lowest BCUT2D eigenvalue weighted by atomic mass is 10.2. The molecule has 1 aromatic rings. The van der Waals surface area contributed by atoms with Crippen molar-refractivity contribution in [3.8, 4) is 0 Å². The Hall–Kier alpha value is -1.71. The third kappa shape index (κ3) is 3.89. The van der Waals surface area contributed by atoms with Crippen molar-refractivity contribution in [3.63, 3.8) is 0 Å². The lowest BCUT2D eigenvalue weighted by Gasteiger charge is -2.10. The van der Waals surface area contributed by atoms with E-state index < -0.39 is 6.09 Å². The quantitative estimate of drug-likeness (QED) is 0.746. The molecular formula is C11H16N2O2. The number of hydrogen-bond acceptors (Lipinski definition) is 3. The zero-order valence-electron chi connectivity index (χ0n) is 8.99. The van der Waals surface area contributed by atoms with Crippen LogP contribution in [0.5, 0.6) is 0 Å². The van der Waals surface area contributed by atoms with E-state index in [4.69, 9.17) is 10.5 Å². The fourth-order valence-corrected chi connectivity index (χ4v) is 1.12. The second-order valence-electron chi connectivity index (χ2n) is 3.51. The summed E-state index contributed by atoms with van der Waals surface area (Å²) in [7, 11) is 0. The van der Waals surface area contributed by atoms with Gasteiger partial charge in [0.25, 0.3) is 0 Å². The first-order chi connectivity index (χ1) is 7.09. The molecule has 0 fully saturated rings. The molecule has 0 spiro atoms. The molecule has 4 nitrogen and oxygen atoms in total. The Bertz CT molecular complexity index is 337. The topological polar surface area (TPSA) is 64.3 Å². The van der Waals surface area contributed by atoms with Crippen molar-refractivity contribution in [2.24, 2.45) is 0 Å². The van der Waals surface area contributed by atoms with Gasteiger partial charge in [-0.15, -0.1) is 0 Å². The van der Waals surface area contributed by atoms with Crippen LogP contribution in [0.3, 0.4) is 0 Å². The normalized spacial score (nSPS) is 10.1. The van der Waals surface area contributed by atoms with Crippen LogP contribution in [0.2, 0.25) is 0 Å². The second-order valence-corrected chi connectivity index (χ2v) is 3.51. The first-order valence-corrected chi connectivity index (χ1v) is 4.87. The third-order valence-corrected chi connectivity index (χ3v) is 1.82. The minimum atomic E-state index is -0.423. The van der Waals surface area contributed by atoms with Gasteiger partial charge < -0.3 is 15.8 Å². The third-order valence-electron chi connectivity index (χ3n) is 1.82. The molecule has 1 aromatic carbocycles. The fourth-order valence-electron chi connectivity index (χ4n) is 1.12. The number of rotatable bonds is 3. The number of nitrogen functional groups attached to an aromatic ring is 1. The maximum atomic E-state index is 11.2. The van der Waals surface area contributed by atoms with E-state index in [9.17, 15) is 4.79 Å². The van der Waals surface area contributed by atoms with Crippen LogP contribution in [0.4, 0.5) is 10.5 Å². The summed E-state index contributed by atoms with van der Waals surface area (Å²) in [5.41, 5.74) is 7.27. The zero-order chi connectivity index (χ0) is 11.3. The Morgan fingerprint density at radius 1 is 1.47 bits per heavy atom. The van der Waals surface area contributed by atoms with E-state index in [1.165, 1.54) is 0 Å². The lowest BCUT2D eigenvalue weighted by Crippen LogP contribution is -2.26. The van der Waals surface area contributed by atoms with Crippen LogP contribution in [0.15, 0.2) is 24.3 Å². The molecule has 0 saturated heterocycles. The van der Waals surface area contributed by atoms with Gasteiger partial charge in [0.2, 0.25) is 0 Å². The van der Waals surface area contributed by atoms with Crippen molar-refractivity contribution in [2.75, 3.05) is 5.73 Å². The summed E-state index contributed by atoms with van der Waals surface area (Å²) in [5.74, 6) is 0. The number of carbonyl (C=O) groups excluding carboxylic acids is 1. The maximum absolute atomic E-state index is 11.2. The average Bonchev–Trinajstić information content (AvgIpc) is 2.15. The molecule has 0 atom stereocenters. The number of benzene rings is 1. The van der Waals surface area contributed by atoms with E-state index in [0.29, 0.717) is 12.2 Å². The minimum absolute atomic E-state index is 0.113. The van der Waals surface area contributed by atoms with Crippen molar-refractivity contribution in [3.05, 3.63) is 29.8 Å². The minimum Gasteiger partial charge on any atom is -0.447 e. The highest BCUT2D eigenvalue weighted by Gasteiger charge is 2.05. The van der Waals surface area contributed by atoms with Gasteiger partial charge in [-0.05, 0) is 25.5 Å². The largest absolute Gasteiger partial charge is 0.447 e. The number of para-hydroxylation sites is 1. The van der Waals surface area contributed by atoms with Gasteiger partial charge in [0, 0.05) is 12.2 Å². The highest BCUT2D eigenvalue weighted by atomic mass is 16.6. The maximum Gasteiger partial charge on any atom is 0.407 e. The molecule has 0 unspecified atom stereocenters. The molecule has 0 aromatic heterocycles. The summed E-state index contributed by atoms with van der Waals surface area (Å²) in [6.07, 6.45) is -0.536. The van der Waals surface area contributed by atoms with Gasteiger partial charge in [0.05, 0.1) is 6.10 Å². The van der Waals surface area contributed by atoms with Crippen LogP contribution in [-0.2, 0) is 11.3 Å². The summed E-state index contributed by atoms with van der Waals surface area (Å²) >= 11 is 0. The van der Waals surface area contributed by atoms with E-state index in [2.05, 4.69) is 5.32 Å². The number of alkyl carbamates (subject to hydrolysis) is 1. The SMILES string of the molecule is CC(C)OC(=O)NCc1ccccc1N. The molecule has 1 amide bonds. The Kier molecular flexibility index (Phi) is 3.97. The van der Waals surface area contributed by atoms with E-state index in [1.54, 1.807) is 19.9 Å². The molecule has 1 rings (SSSR count). The van der Waals surface area contributed by atoms with Crippen molar-refractivity contribution < 1.29 is 9.53 Å². The smallest absolute Gasteiger partial charge is 0.407 e. The van der Waals surface area contributed by atoms with Gasteiger partial charge in [-0.1, -0.05) is 18.2 Å². The number of nitrogens with two attached hydrogens (primary N) is 1. The highest BCUT2D eigenvalue weighted by Crippen LogP contribution is 2.09. The molecule has 0 aliphatic carbocycles. The monoisotopic (exact) mass is 208 g/mol. The van der Waals surface area contributed by atoms with Gasteiger partial charge in [-0.2, -0.15) is 0 Å². The summed E-state index contributed by atoms with van der Waals surface area (Å²) in [5, 5.41) is 2.63. The molecule has 3 N–H and O–H groups in total. The number of nitrogens with one attached hydrogen (secondary N) is 1. The average molecular weight is 208 g/mol. The Labute approximate surface area is 89.4 Å². The van der Waals surface area contributed by atoms with Gasteiger partial charge in [0.15, 0.2) is 0 Å². The molecule has 0 aliphatic rings. The molecule has 82 valence electrons. The number of amides is 1. The molecule has 0 radical (unpaired) electrons. The van der Waals surface area contributed by atoms with Crippen LogP contribution in [0.25, 0.3) is 0 Å². The predicted molar refractivity (Wildman–Crippen MR) is 59.3 cm³/mol. The Morgan fingerprint density at radius 3 is 2.73 bits per heavy atom. The van der Waals surface area contributed by atoms with Crippen LogP contribution in [0.1, 0.15) is 19.4 Å². The van der Waals surface area contributed by atoms with E-state index in [-0.39, 0.29) is 6.10 Å². The molecule has 0 saturated carbocycles. The number of carbonyl (C=O) groups is 1. The number of ether oxygens (including phenoxy) is 1. The van der Waals surface area contributed by atoms with Gasteiger partial charge in [0.1, 0.15) is 0 Å². The van der Waals surface area contributed by atoms with Gasteiger partial charge in [-0.3, -0.25) is 0 Å². The molecular weight excluding hydrogens is 192 g/mol. The predicted octanol–water partition coefficient (Wildman–Crippen LogP) is 1.90. The van der Waals surface area contributed by atoms with Crippen molar-refractivity contribution >= 4 is 11.8 Å². The van der Waals surface area contributed by atoms with Crippen LogP contribution < -0.4 is 11.1 Å². The summed E-state index contributed by atoms with van der Waals surface area (Å²) in [4.78, 5) is 11.2. The van der Waals surface area contributed by atoms with Crippen LogP contribution in [-0.4, -0.2) is 12.2 Å². The zero-order valence-corrected chi connectivity index (χ0v) is 8.99. The molecule has 15 heavy (non-hydrogen) atoms. The van der Waals surface area contributed by atoms with E-state index in [0.717, 1.165) is 5.56 Å². The molecule has 0 heterocycles. The van der Waals surface area contributed by atoms with Gasteiger partial charge >= 0.3 is 6.09 Å². The second kappa shape index (κ2) is 5.24. The first-order valence-electron chi connectivity index (χ1n) is 4.87.